The highest BCUT2D eigenvalue weighted by Gasteiger charge is 2.35. The van der Waals surface area contributed by atoms with E-state index < -0.39 is 32.2 Å². The van der Waals surface area contributed by atoms with E-state index in [1.54, 1.807) is 7.05 Å². The van der Waals surface area contributed by atoms with E-state index in [-0.39, 0.29) is 56.0 Å². The fourth-order valence-electron chi connectivity index (χ4n) is 3.11. The minimum atomic E-state index is -3.45. The Balaban J connectivity index is 1.88. The van der Waals surface area contributed by atoms with E-state index in [2.05, 4.69) is 4.72 Å². The fourth-order valence-corrected chi connectivity index (χ4v) is 5.17. The molecule has 0 aromatic carbocycles. The van der Waals surface area contributed by atoms with Crippen LogP contribution in [0.15, 0.2) is 0 Å². The molecular weight excluding hydrogens is 412 g/mol. The summed E-state index contributed by atoms with van der Waals surface area (Å²) in [5, 5.41) is 0. The Kier molecular flexibility index (Phi) is 7.42. The topological polar surface area (TPSA) is 133 Å². The number of carbonyl (C=O) groups excluding carboxylic acids is 2. The van der Waals surface area contributed by atoms with Crippen LogP contribution in [0.2, 0.25) is 0 Å². The highest BCUT2D eigenvalue weighted by atomic mass is 32.2. The van der Waals surface area contributed by atoms with E-state index in [1.807, 2.05) is 0 Å². The van der Waals surface area contributed by atoms with Crippen LogP contribution >= 0.6 is 0 Å². The second kappa shape index (κ2) is 9.03. The predicted octanol–water partition coefficient (Wildman–Crippen LogP) is -2.35. The molecule has 0 bridgehead atoms. The lowest BCUT2D eigenvalue weighted by Crippen LogP contribution is -2.53. The van der Waals surface area contributed by atoms with Crippen LogP contribution in [0.5, 0.6) is 0 Å². The van der Waals surface area contributed by atoms with Gasteiger partial charge in [-0.2, -0.15) is 4.31 Å². The van der Waals surface area contributed by atoms with Gasteiger partial charge in [-0.3, -0.25) is 9.59 Å². The zero-order chi connectivity index (χ0) is 21.1. The van der Waals surface area contributed by atoms with Crippen LogP contribution in [-0.4, -0.2) is 113 Å². The maximum atomic E-state index is 12.4. The van der Waals surface area contributed by atoms with Gasteiger partial charge in [-0.25, -0.2) is 21.6 Å². The van der Waals surface area contributed by atoms with E-state index in [0.29, 0.717) is 6.54 Å². The molecule has 0 radical (unpaired) electrons. The molecule has 2 amide bonds. The number of morpholine rings is 1. The van der Waals surface area contributed by atoms with Crippen molar-refractivity contribution in [2.24, 2.45) is 0 Å². The number of hydrogen-bond acceptors (Lipinski definition) is 7. The lowest BCUT2D eigenvalue weighted by molar-refractivity contribution is -0.141. The third-order valence-electron chi connectivity index (χ3n) is 4.84. The molecule has 28 heavy (non-hydrogen) atoms. The van der Waals surface area contributed by atoms with Crippen LogP contribution in [-0.2, 0) is 34.4 Å². The first-order chi connectivity index (χ1) is 12.9. The van der Waals surface area contributed by atoms with E-state index in [4.69, 9.17) is 4.74 Å². The third kappa shape index (κ3) is 5.86. The molecule has 0 spiro atoms. The number of hydrogen-bond donors (Lipinski definition) is 1. The molecule has 0 aromatic heterocycles. The Labute approximate surface area is 166 Å². The van der Waals surface area contributed by atoms with Crippen molar-refractivity contribution in [1.29, 1.82) is 0 Å². The Morgan fingerprint density at radius 1 is 1.29 bits per heavy atom. The van der Waals surface area contributed by atoms with Gasteiger partial charge in [0.2, 0.25) is 31.9 Å². The highest BCUT2D eigenvalue weighted by molar-refractivity contribution is 7.89. The van der Waals surface area contributed by atoms with Gasteiger partial charge >= 0.3 is 0 Å². The molecule has 2 aliphatic rings. The van der Waals surface area contributed by atoms with Gasteiger partial charge in [0, 0.05) is 33.7 Å². The van der Waals surface area contributed by atoms with Crippen molar-refractivity contribution >= 4 is 31.9 Å². The van der Waals surface area contributed by atoms with Crippen molar-refractivity contribution in [1.82, 2.24) is 18.8 Å². The Morgan fingerprint density at radius 3 is 2.54 bits per heavy atom. The number of carbonyl (C=O) groups is 2. The van der Waals surface area contributed by atoms with E-state index in [0.717, 1.165) is 4.31 Å². The summed E-state index contributed by atoms with van der Waals surface area (Å²) in [4.78, 5) is 27.7. The summed E-state index contributed by atoms with van der Waals surface area (Å²) in [6.45, 7) is 2.31. The second-order valence-corrected chi connectivity index (χ2v) is 11.2. The summed E-state index contributed by atoms with van der Waals surface area (Å²) < 4.78 is 55.5. The van der Waals surface area contributed by atoms with Crippen molar-refractivity contribution in [3.63, 3.8) is 0 Å². The largest absolute Gasteiger partial charge is 0.373 e. The second-order valence-electron chi connectivity index (χ2n) is 6.99. The maximum Gasteiger partial charge on any atom is 0.240 e. The molecule has 2 saturated heterocycles. The van der Waals surface area contributed by atoms with Gasteiger partial charge in [0.1, 0.15) is 6.04 Å². The first-order valence-electron chi connectivity index (χ1n) is 9.03. The smallest absolute Gasteiger partial charge is 0.240 e. The Hall–Kier alpha value is -1.28. The first-order valence-corrected chi connectivity index (χ1v) is 12.3. The van der Waals surface area contributed by atoms with Crippen LogP contribution in [0.1, 0.15) is 13.3 Å². The number of nitrogens with zero attached hydrogens (tertiary/aromatic N) is 3. The third-order valence-corrected chi connectivity index (χ3v) is 8.06. The molecule has 11 nitrogen and oxygen atoms in total. The zero-order valence-electron chi connectivity index (χ0n) is 16.3. The van der Waals surface area contributed by atoms with Crippen LogP contribution in [0.25, 0.3) is 0 Å². The number of likely N-dealkylation sites (N-methyl/N-ethyl adjacent to an activating group) is 2. The Morgan fingerprint density at radius 2 is 1.96 bits per heavy atom. The van der Waals surface area contributed by atoms with Gasteiger partial charge in [0.15, 0.2) is 0 Å². The molecule has 1 N–H and O–H groups in total. The van der Waals surface area contributed by atoms with Crippen molar-refractivity contribution in [2.75, 3.05) is 58.4 Å². The number of amides is 2. The summed E-state index contributed by atoms with van der Waals surface area (Å²) >= 11 is 0. The quantitative estimate of drug-likeness (QED) is 0.468. The van der Waals surface area contributed by atoms with Gasteiger partial charge < -0.3 is 14.5 Å². The molecule has 0 aliphatic carbocycles. The first kappa shape index (κ1) is 23.0. The summed E-state index contributed by atoms with van der Waals surface area (Å²) in [5.74, 6) is -0.833. The molecule has 2 rings (SSSR count). The summed E-state index contributed by atoms with van der Waals surface area (Å²) in [5.41, 5.74) is 0. The predicted molar refractivity (Wildman–Crippen MR) is 101 cm³/mol. The summed E-state index contributed by atoms with van der Waals surface area (Å²) in [6.07, 6.45) is -0.211. The van der Waals surface area contributed by atoms with Crippen molar-refractivity contribution in [3.8, 4) is 0 Å². The Bertz CT molecular complexity index is 799. The normalized spacial score (nSPS) is 25.1. The molecule has 2 aliphatic heterocycles. The summed E-state index contributed by atoms with van der Waals surface area (Å²) in [7, 11) is -3.92. The van der Waals surface area contributed by atoms with Gasteiger partial charge in [-0.1, -0.05) is 0 Å². The molecule has 0 saturated carbocycles. The fraction of sp³-hybridized carbons (Fsp3) is 0.867. The molecule has 2 fully saturated rings. The molecule has 0 aromatic rings. The van der Waals surface area contributed by atoms with E-state index >= 15 is 0 Å². The minimum Gasteiger partial charge on any atom is -0.373 e. The average molecular weight is 441 g/mol. The van der Waals surface area contributed by atoms with E-state index in [9.17, 15) is 26.4 Å². The minimum absolute atomic E-state index is 0.0758. The van der Waals surface area contributed by atoms with Gasteiger partial charge in [0.05, 0.1) is 30.8 Å². The van der Waals surface area contributed by atoms with Crippen LogP contribution in [0.3, 0.4) is 0 Å². The lowest BCUT2D eigenvalue weighted by atomic mass is 10.2. The standard InChI is InChI=1S/C15H28N4O7S2/c1-4-28(24,25)18(3)11-14(20)19-6-7-26-12(10-19)9-17(2)15(21)13-5-8-27(22,23)16-13/h12-13,16H,4-11H2,1-3H3. The monoisotopic (exact) mass is 440 g/mol. The average Bonchev–Trinajstić information content (AvgIpc) is 3.00. The van der Waals surface area contributed by atoms with Gasteiger partial charge in [-0.15, -0.1) is 0 Å². The zero-order valence-corrected chi connectivity index (χ0v) is 18.0. The maximum absolute atomic E-state index is 12.4. The van der Waals surface area contributed by atoms with Gasteiger partial charge in [-0.05, 0) is 13.3 Å². The van der Waals surface area contributed by atoms with Crippen LogP contribution < -0.4 is 4.72 Å². The number of nitrogens with one attached hydrogen (secondary N) is 1. The van der Waals surface area contributed by atoms with Crippen molar-refractivity contribution < 1.29 is 31.2 Å². The molecule has 162 valence electrons. The van der Waals surface area contributed by atoms with Crippen LogP contribution in [0, 0.1) is 0 Å². The SMILES string of the molecule is CCS(=O)(=O)N(C)CC(=O)N1CCOC(CN(C)C(=O)C2CCS(=O)(=O)N2)C1. The number of sulfonamides is 2. The number of rotatable bonds is 7. The highest BCUT2D eigenvalue weighted by Crippen LogP contribution is 2.13. The molecule has 13 heteroatoms. The molecule has 2 heterocycles. The van der Waals surface area contributed by atoms with E-state index in [1.165, 1.54) is 23.8 Å². The molecule has 2 unspecified atom stereocenters. The molecule has 2 atom stereocenters. The van der Waals surface area contributed by atoms with Crippen molar-refractivity contribution in [2.45, 2.75) is 25.5 Å². The lowest BCUT2D eigenvalue weighted by Gasteiger charge is -2.35. The van der Waals surface area contributed by atoms with Gasteiger partial charge in [0.25, 0.3) is 0 Å². The number of ether oxygens (including phenoxy) is 1. The van der Waals surface area contributed by atoms with Crippen molar-refractivity contribution in [3.05, 3.63) is 0 Å². The summed E-state index contributed by atoms with van der Waals surface area (Å²) in [6, 6.07) is -0.774. The molecular formula is C15H28N4O7S2. The van der Waals surface area contributed by atoms with Crippen LogP contribution in [0.4, 0.5) is 0 Å².